The first kappa shape index (κ1) is 17.1. The monoisotopic (exact) mass is 379 g/mol. The number of para-hydroxylation sites is 2. The van der Waals surface area contributed by atoms with Crippen LogP contribution < -0.4 is 14.4 Å². The molecule has 2 aliphatic rings. The average molecular weight is 379 g/mol. The number of fused-ring (bicyclic) bond motifs is 2. The molecule has 144 valence electrons. The van der Waals surface area contributed by atoms with Crippen molar-refractivity contribution in [2.24, 2.45) is 0 Å². The molecule has 0 spiro atoms. The second-order valence-corrected chi connectivity index (χ2v) is 7.05. The summed E-state index contributed by atoms with van der Waals surface area (Å²) >= 11 is 0. The highest BCUT2D eigenvalue weighted by Crippen LogP contribution is 2.39. The number of aromatic nitrogens is 2. The van der Waals surface area contributed by atoms with Gasteiger partial charge in [-0.15, -0.1) is 0 Å². The van der Waals surface area contributed by atoms with E-state index in [1.165, 1.54) is 0 Å². The first-order chi connectivity index (χ1) is 13.7. The van der Waals surface area contributed by atoms with Crippen molar-refractivity contribution in [3.8, 4) is 11.5 Å². The van der Waals surface area contributed by atoms with Gasteiger partial charge >= 0.3 is 0 Å². The van der Waals surface area contributed by atoms with E-state index in [4.69, 9.17) is 19.2 Å². The van der Waals surface area contributed by atoms with Crippen LogP contribution in [-0.2, 0) is 16.1 Å². The van der Waals surface area contributed by atoms with Gasteiger partial charge < -0.3 is 23.7 Å². The number of amides is 1. The van der Waals surface area contributed by atoms with Crippen LogP contribution in [0.4, 0.5) is 5.69 Å². The maximum absolute atomic E-state index is 12.8. The van der Waals surface area contributed by atoms with Crippen molar-refractivity contribution in [2.45, 2.75) is 18.9 Å². The number of benzene rings is 2. The smallest absolute Gasteiger partial charge is 0.231 e. The minimum Gasteiger partial charge on any atom is -0.454 e. The number of anilines is 1. The third-order valence-corrected chi connectivity index (χ3v) is 5.36. The van der Waals surface area contributed by atoms with Crippen LogP contribution in [0.1, 0.15) is 18.2 Å². The number of imidazole rings is 1. The normalized spacial score (nSPS) is 18.4. The van der Waals surface area contributed by atoms with Gasteiger partial charge in [-0.1, -0.05) is 12.1 Å². The molecule has 1 saturated heterocycles. The van der Waals surface area contributed by atoms with Crippen LogP contribution in [0.15, 0.2) is 42.5 Å². The fraction of sp³-hybridized carbons (Fsp3) is 0.333. The van der Waals surface area contributed by atoms with Gasteiger partial charge in [0.25, 0.3) is 0 Å². The summed E-state index contributed by atoms with van der Waals surface area (Å²) in [5.41, 5.74) is 2.85. The summed E-state index contributed by atoms with van der Waals surface area (Å²) in [5, 5.41) is 0. The Labute approximate surface area is 162 Å². The third-order valence-electron chi connectivity index (χ3n) is 5.36. The van der Waals surface area contributed by atoms with Gasteiger partial charge in [-0.05, 0) is 24.3 Å². The summed E-state index contributed by atoms with van der Waals surface area (Å²) in [7, 11) is 1.69. The lowest BCUT2D eigenvalue weighted by atomic mass is 10.1. The summed E-state index contributed by atoms with van der Waals surface area (Å²) in [6.07, 6.45) is 0.435. The summed E-state index contributed by atoms with van der Waals surface area (Å²) in [6.45, 7) is 2.12. The number of carbonyl (C=O) groups excluding carboxylic acids is 1. The van der Waals surface area contributed by atoms with Gasteiger partial charge in [0.15, 0.2) is 11.5 Å². The summed E-state index contributed by atoms with van der Waals surface area (Å²) in [4.78, 5) is 19.5. The Bertz CT molecular complexity index is 1050. The number of hydrogen-bond acceptors (Lipinski definition) is 5. The van der Waals surface area contributed by atoms with Crippen LogP contribution >= 0.6 is 0 Å². The predicted molar refractivity (Wildman–Crippen MR) is 104 cm³/mol. The number of methoxy groups -OCH3 is 1. The van der Waals surface area contributed by atoms with Crippen molar-refractivity contribution in [2.75, 3.05) is 32.0 Å². The quantitative estimate of drug-likeness (QED) is 0.682. The molecule has 7 heteroatoms. The maximum atomic E-state index is 12.8. The number of rotatable bonds is 5. The molecular weight excluding hydrogens is 358 g/mol. The van der Waals surface area contributed by atoms with E-state index >= 15 is 0 Å². The molecule has 1 aromatic heterocycles. The third kappa shape index (κ3) is 2.79. The zero-order chi connectivity index (χ0) is 19.1. The van der Waals surface area contributed by atoms with Crippen molar-refractivity contribution in [1.82, 2.24) is 9.55 Å². The standard InChI is InChI=1S/C21H21N3O4/c1-26-9-8-23-17-5-3-2-4-16(17)22-21(23)14-10-20(25)24(12-14)15-6-7-18-19(11-15)28-13-27-18/h2-7,11,14H,8-10,12-13H2,1H3. The zero-order valence-corrected chi connectivity index (χ0v) is 15.6. The van der Waals surface area contributed by atoms with Gasteiger partial charge in [0.05, 0.1) is 17.6 Å². The van der Waals surface area contributed by atoms with Gasteiger partial charge in [-0.2, -0.15) is 0 Å². The van der Waals surface area contributed by atoms with E-state index in [1.807, 2.05) is 41.3 Å². The van der Waals surface area contributed by atoms with Gasteiger partial charge in [0.2, 0.25) is 12.7 Å². The number of ether oxygens (including phenoxy) is 3. The van der Waals surface area contributed by atoms with Crippen LogP contribution in [0, 0.1) is 0 Å². The van der Waals surface area contributed by atoms with Crippen LogP contribution in [0.25, 0.3) is 11.0 Å². The molecule has 0 N–H and O–H groups in total. The molecule has 1 unspecified atom stereocenters. The van der Waals surface area contributed by atoms with Gasteiger partial charge in [0, 0.05) is 44.3 Å². The Balaban J connectivity index is 1.47. The fourth-order valence-corrected chi connectivity index (χ4v) is 4.01. The van der Waals surface area contributed by atoms with E-state index in [0.717, 1.165) is 22.5 Å². The molecule has 3 heterocycles. The Kier molecular flexibility index (Phi) is 4.16. The molecule has 1 amide bonds. The maximum Gasteiger partial charge on any atom is 0.231 e. The van der Waals surface area contributed by atoms with Gasteiger partial charge in [-0.3, -0.25) is 4.79 Å². The molecule has 28 heavy (non-hydrogen) atoms. The Morgan fingerprint density at radius 1 is 1.18 bits per heavy atom. The molecule has 7 nitrogen and oxygen atoms in total. The molecular formula is C21H21N3O4. The number of hydrogen-bond donors (Lipinski definition) is 0. The Morgan fingerprint density at radius 3 is 2.93 bits per heavy atom. The Morgan fingerprint density at radius 2 is 2.04 bits per heavy atom. The van der Waals surface area contributed by atoms with Crippen LogP contribution in [0.2, 0.25) is 0 Å². The minimum atomic E-state index is 0.0298. The highest BCUT2D eigenvalue weighted by Gasteiger charge is 2.35. The van der Waals surface area contributed by atoms with Gasteiger partial charge in [-0.25, -0.2) is 4.98 Å². The lowest BCUT2D eigenvalue weighted by Crippen LogP contribution is -2.24. The van der Waals surface area contributed by atoms with Crippen molar-refractivity contribution < 1.29 is 19.0 Å². The lowest BCUT2D eigenvalue weighted by Gasteiger charge is -2.18. The number of carbonyl (C=O) groups is 1. The molecule has 3 aromatic rings. The van der Waals surface area contributed by atoms with E-state index in [0.29, 0.717) is 37.6 Å². The molecule has 0 bridgehead atoms. The van der Waals surface area contributed by atoms with Crippen LogP contribution in [-0.4, -0.2) is 42.5 Å². The summed E-state index contributed by atoms with van der Waals surface area (Å²) < 4.78 is 18.3. The van der Waals surface area contributed by atoms with Crippen molar-refractivity contribution >= 4 is 22.6 Å². The van der Waals surface area contributed by atoms with Crippen molar-refractivity contribution in [3.05, 3.63) is 48.3 Å². The second-order valence-electron chi connectivity index (χ2n) is 7.05. The van der Waals surface area contributed by atoms with E-state index in [2.05, 4.69) is 10.6 Å². The van der Waals surface area contributed by atoms with Gasteiger partial charge in [0.1, 0.15) is 5.82 Å². The Hall–Kier alpha value is -3.06. The lowest BCUT2D eigenvalue weighted by molar-refractivity contribution is -0.117. The molecule has 5 rings (SSSR count). The van der Waals surface area contributed by atoms with Crippen molar-refractivity contribution in [3.63, 3.8) is 0 Å². The predicted octanol–water partition coefficient (Wildman–Crippen LogP) is 2.93. The van der Waals surface area contributed by atoms with Crippen LogP contribution in [0.3, 0.4) is 0 Å². The second kappa shape index (κ2) is 6.83. The highest BCUT2D eigenvalue weighted by atomic mass is 16.7. The van der Waals surface area contributed by atoms with E-state index in [9.17, 15) is 4.79 Å². The zero-order valence-electron chi connectivity index (χ0n) is 15.6. The van der Waals surface area contributed by atoms with E-state index in [-0.39, 0.29) is 18.6 Å². The molecule has 0 saturated carbocycles. The van der Waals surface area contributed by atoms with Crippen molar-refractivity contribution in [1.29, 1.82) is 0 Å². The summed E-state index contributed by atoms with van der Waals surface area (Å²) in [6, 6.07) is 13.7. The minimum absolute atomic E-state index is 0.0298. The van der Waals surface area contributed by atoms with E-state index in [1.54, 1.807) is 7.11 Å². The molecule has 1 fully saturated rings. The molecule has 0 radical (unpaired) electrons. The fourth-order valence-electron chi connectivity index (χ4n) is 4.01. The van der Waals surface area contributed by atoms with E-state index < -0.39 is 0 Å². The SMILES string of the molecule is COCCn1c(C2CC(=O)N(c3ccc4c(c3)OCO4)C2)nc2ccccc21. The molecule has 1 atom stereocenters. The number of nitrogens with zero attached hydrogens (tertiary/aromatic N) is 3. The highest BCUT2D eigenvalue weighted by molar-refractivity contribution is 5.96. The molecule has 2 aromatic carbocycles. The molecule has 2 aliphatic heterocycles. The topological polar surface area (TPSA) is 65.8 Å². The average Bonchev–Trinajstić information content (AvgIpc) is 3.42. The summed E-state index contributed by atoms with van der Waals surface area (Å²) in [5.74, 6) is 2.46. The first-order valence-electron chi connectivity index (χ1n) is 9.38. The first-order valence-corrected chi connectivity index (χ1v) is 9.38. The molecule has 0 aliphatic carbocycles. The van der Waals surface area contributed by atoms with Crippen LogP contribution in [0.5, 0.6) is 11.5 Å². The largest absolute Gasteiger partial charge is 0.454 e.